The molecule has 1 aromatic rings. The fourth-order valence-electron chi connectivity index (χ4n) is 2.40. The Labute approximate surface area is 113 Å². The highest BCUT2D eigenvalue weighted by Crippen LogP contribution is 2.27. The Balaban J connectivity index is 2.34. The molecule has 1 saturated heterocycles. The van der Waals surface area contributed by atoms with Crippen molar-refractivity contribution in [2.45, 2.75) is 13.0 Å². The molecule has 6 heteroatoms. The van der Waals surface area contributed by atoms with Crippen LogP contribution in [0.4, 0.5) is 0 Å². The van der Waals surface area contributed by atoms with E-state index in [1.165, 1.54) is 17.5 Å². The van der Waals surface area contributed by atoms with Gasteiger partial charge in [0.05, 0.1) is 12.3 Å². The van der Waals surface area contributed by atoms with E-state index in [-0.39, 0.29) is 11.9 Å². The van der Waals surface area contributed by atoms with Gasteiger partial charge in [-0.2, -0.15) is 4.31 Å². The highest BCUT2D eigenvalue weighted by Gasteiger charge is 2.34. The average Bonchev–Trinajstić information content (AvgIpc) is 2.38. The number of piperazine rings is 1. The van der Waals surface area contributed by atoms with Crippen molar-refractivity contribution < 1.29 is 13.2 Å². The van der Waals surface area contributed by atoms with Gasteiger partial charge in [0.2, 0.25) is 15.9 Å². The smallest absolute Gasteiger partial charge is 0.219 e. The third-order valence-corrected chi connectivity index (χ3v) is 4.68. The molecule has 0 N–H and O–H groups in total. The second-order valence-corrected chi connectivity index (χ2v) is 6.70. The van der Waals surface area contributed by atoms with Crippen molar-refractivity contribution in [3.63, 3.8) is 0 Å². The van der Waals surface area contributed by atoms with E-state index < -0.39 is 10.0 Å². The van der Waals surface area contributed by atoms with Gasteiger partial charge in [-0.3, -0.25) is 4.79 Å². The Hall–Kier alpha value is -1.40. The lowest BCUT2D eigenvalue weighted by Crippen LogP contribution is -2.51. The first kappa shape index (κ1) is 14.0. The molecular weight excluding hydrogens is 264 g/mol. The summed E-state index contributed by atoms with van der Waals surface area (Å²) >= 11 is 0. The molecule has 0 bridgehead atoms. The van der Waals surface area contributed by atoms with Crippen LogP contribution in [0.1, 0.15) is 18.5 Å². The Kier molecular flexibility index (Phi) is 3.91. The van der Waals surface area contributed by atoms with E-state index in [9.17, 15) is 13.2 Å². The Morgan fingerprint density at radius 3 is 2.37 bits per heavy atom. The molecule has 0 saturated carbocycles. The molecule has 0 aliphatic carbocycles. The summed E-state index contributed by atoms with van der Waals surface area (Å²) in [5, 5.41) is 0. The lowest BCUT2D eigenvalue weighted by Gasteiger charge is -2.39. The molecule has 19 heavy (non-hydrogen) atoms. The van der Waals surface area contributed by atoms with Crippen LogP contribution in [0.5, 0.6) is 0 Å². The Bertz CT molecular complexity index is 557. The zero-order valence-corrected chi connectivity index (χ0v) is 11.9. The number of benzene rings is 1. The third-order valence-electron chi connectivity index (χ3n) is 3.39. The monoisotopic (exact) mass is 282 g/mol. The fraction of sp³-hybridized carbons (Fsp3) is 0.462. The van der Waals surface area contributed by atoms with Crippen molar-refractivity contribution in [2.75, 3.05) is 25.9 Å². The molecule has 1 amide bonds. The molecule has 1 fully saturated rings. The molecule has 1 aromatic carbocycles. The van der Waals surface area contributed by atoms with Crippen molar-refractivity contribution in [3.05, 3.63) is 35.9 Å². The predicted molar refractivity (Wildman–Crippen MR) is 73.0 cm³/mol. The van der Waals surface area contributed by atoms with E-state index >= 15 is 0 Å². The minimum absolute atomic E-state index is 0.0194. The van der Waals surface area contributed by atoms with E-state index in [1.54, 1.807) is 4.90 Å². The second kappa shape index (κ2) is 5.30. The van der Waals surface area contributed by atoms with E-state index in [2.05, 4.69) is 0 Å². The Morgan fingerprint density at radius 1 is 1.21 bits per heavy atom. The minimum Gasteiger partial charge on any atom is -0.340 e. The summed E-state index contributed by atoms with van der Waals surface area (Å²) in [6.45, 7) is 2.72. The van der Waals surface area contributed by atoms with E-state index in [0.717, 1.165) is 5.56 Å². The molecule has 1 heterocycles. The van der Waals surface area contributed by atoms with Crippen molar-refractivity contribution in [1.82, 2.24) is 9.21 Å². The molecule has 5 nitrogen and oxygen atoms in total. The fourth-order valence-corrected chi connectivity index (χ4v) is 3.46. The van der Waals surface area contributed by atoms with Crippen LogP contribution in [0.25, 0.3) is 0 Å². The van der Waals surface area contributed by atoms with Crippen LogP contribution in [0.3, 0.4) is 0 Å². The summed E-state index contributed by atoms with van der Waals surface area (Å²) in [4.78, 5) is 13.2. The van der Waals surface area contributed by atoms with Crippen LogP contribution in [0.15, 0.2) is 30.3 Å². The molecule has 1 aliphatic heterocycles. The number of amides is 1. The van der Waals surface area contributed by atoms with Gasteiger partial charge in [-0.05, 0) is 5.56 Å². The lowest BCUT2D eigenvalue weighted by atomic mass is 10.0. The molecule has 1 atom stereocenters. The van der Waals surface area contributed by atoms with Crippen LogP contribution in [-0.2, 0) is 14.8 Å². The first-order chi connectivity index (χ1) is 8.89. The number of carbonyl (C=O) groups excluding carboxylic acids is 1. The summed E-state index contributed by atoms with van der Waals surface area (Å²) in [6.07, 6.45) is 1.21. The van der Waals surface area contributed by atoms with Gasteiger partial charge < -0.3 is 4.90 Å². The number of hydrogen-bond donors (Lipinski definition) is 0. The average molecular weight is 282 g/mol. The molecule has 0 spiro atoms. The molecule has 2 rings (SSSR count). The van der Waals surface area contributed by atoms with E-state index in [0.29, 0.717) is 19.6 Å². The highest BCUT2D eigenvalue weighted by atomic mass is 32.2. The summed E-state index contributed by atoms with van der Waals surface area (Å²) in [5.41, 5.74) is 0.916. The van der Waals surface area contributed by atoms with Crippen molar-refractivity contribution in [3.8, 4) is 0 Å². The maximum absolute atomic E-state index is 11.9. The minimum atomic E-state index is -3.28. The van der Waals surface area contributed by atoms with Gasteiger partial charge in [0.1, 0.15) is 0 Å². The SMILES string of the molecule is CC(=O)N1CCN(S(C)(=O)=O)[C@H](c2ccccc2)C1. The maximum atomic E-state index is 11.9. The zero-order chi connectivity index (χ0) is 14.0. The molecule has 0 radical (unpaired) electrons. The highest BCUT2D eigenvalue weighted by molar-refractivity contribution is 7.88. The lowest BCUT2D eigenvalue weighted by molar-refractivity contribution is -0.130. The van der Waals surface area contributed by atoms with Crippen molar-refractivity contribution in [2.24, 2.45) is 0 Å². The van der Waals surface area contributed by atoms with Crippen LogP contribution < -0.4 is 0 Å². The third kappa shape index (κ3) is 3.13. The normalized spacial score (nSPS) is 21.4. The van der Waals surface area contributed by atoms with Gasteiger partial charge in [-0.15, -0.1) is 0 Å². The molecule has 1 aliphatic rings. The quantitative estimate of drug-likeness (QED) is 0.808. The van der Waals surface area contributed by atoms with E-state index in [1.807, 2.05) is 30.3 Å². The predicted octanol–water partition coefficient (Wildman–Crippen LogP) is 0.851. The van der Waals surface area contributed by atoms with Crippen LogP contribution in [0.2, 0.25) is 0 Å². The summed E-state index contributed by atoms with van der Waals surface area (Å²) < 4.78 is 25.2. The topological polar surface area (TPSA) is 57.7 Å². The zero-order valence-electron chi connectivity index (χ0n) is 11.1. The molecular formula is C13H18N2O3S. The van der Waals surface area contributed by atoms with E-state index in [4.69, 9.17) is 0 Å². The van der Waals surface area contributed by atoms with Crippen LogP contribution >= 0.6 is 0 Å². The number of sulfonamides is 1. The summed E-state index contributed by atoms with van der Waals surface area (Å²) in [5.74, 6) is -0.0194. The summed E-state index contributed by atoms with van der Waals surface area (Å²) in [6, 6.07) is 9.14. The Morgan fingerprint density at radius 2 is 1.84 bits per heavy atom. The van der Waals surface area contributed by atoms with Crippen molar-refractivity contribution in [1.29, 1.82) is 0 Å². The van der Waals surface area contributed by atoms with Gasteiger partial charge in [0.15, 0.2) is 0 Å². The number of nitrogens with zero attached hydrogens (tertiary/aromatic N) is 2. The van der Waals surface area contributed by atoms with Gasteiger partial charge in [0, 0.05) is 26.6 Å². The van der Waals surface area contributed by atoms with Crippen molar-refractivity contribution >= 4 is 15.9 Å². The standard InChI is InChI=1S/C13H18N2O3S/c1-11(16)14-8-9-15(19(2,17)18)13(10-14)12-6-4-3-5-7-12/h3-7,13H,8-10H2,1-2H3/t13-/m0/s1. The van der Waals surface area contributed by atoms with Gasteiger partial charge in [-0.1, -0.05) is 30.3 Å². The van der Waals surface area contributed by atoms with Gasteiger partial charge in [-0.25, -0.2) is 8.42 Å². The van der Waals surface area contributed by atoms with Crippen LogP contribution in [-0.4, -0.2) is 49.4 Å². The second-order valence-electron chi connectivity index (χ2n) is 4.77. The van der Waals surface area contributed by atoms with Gasteiger partial charge >= 0.3 is 0 Å². The summed E-state index contributed by atoms with van der Waals surface area (Å²) in [7, 11) is -3.28. The molecule has 0 aromatic heterocycles. The number of carbonyl (C=O) groups is 1. The van der Waals surface area contributed by atoms with Gasteiger partial charge in [0.25, 0.3) is 0 Å². The maximum Gasteiger partial charge on any atom is 0.219 e. The first-order valence-corrected chi connectivity index (χ1v) is 8.01. The largest absolute Gasteiger partial charge is 0.340 e. The molecule has 0 unspecified atom stereocenters. The number of rotatable bonds is 2. The van der Waals surface area contributed by atoms with Crippen LogP contribution in [0, 0.1) is 0 Å². The number of hydrogen-bond acceptors (Lipinski definition) is 3. The molecule has 104 valence electrons. The first-order valence-electron chi connectivity index (χ1n) is 6.17.